The van der Waals surface area contributed by atoms with Gasteiger partial charge in [0.15, 0.2) is 0 Å². The second-order valence-electron chi connectivity index (χ2n) is 6.76. The van der Waals surface area contributed by atoms with E-state index in [0.29, 0.717) is 17.0 Å². The second kappa shape index (κ2) is 4.11. The molecule has 3 nitrogen and oxygen atoms in total. The van der Waals surface area contributed by atoms with Crippen LogP contribution in [0.15, 0.2) is 16.7 Å². The van der Waals surface area contributed by atoms with Crippen LogP contribution in [-0.2, 0) is 0 Å². The van der Waals surface area contributed by atoms with Gasteiger partial charge in [0, 0.05) is 16.1 Å². The fraction of sp³-hybridized carbons (Fsp3) is 0.667. The number of ether oxygens (including phenoxy) is 1. The van der Waals surface area contributed by atoms with E-state index >= 15 is 0 Å². The minimum absolute atomic E-state index is 0.234. The van der Waals surface area contributed by atoms with E-state index in [0.717, 1.165) is 16.8 Å². The van der Waals surface area contributed by atoms with Gasteiger partial charge in [-0.3, -0.25) is 0 Å². The molecule has 3 rings (SSSR count). The summed E-state index contributed by atoms with van der Waals surface area (Å²) in [5, 5.41) is 0. The summed E-state index contributed by atoms with van der Waals surface area (Å²) >= 11 is 3.37. The molecular formula is C15H21BrN2O. The van der Waals surface area contributed by atoms with Crippen LogP contribution in [0.2, 0.25) is 0 Å². The van der Waals surface area contributed by atoms with Crippen molar-refractivity contribution in [1.82, 2.24) is 4.98 Å². The molecule has 2 aliphatic carbocycles. The van der Waals surface area contributed by atoms with Crippen molar-refractivity contribution in [1.29, 1.82) is 0 Å². The van der Waals surface area contributed by atoms with Crippen molar-refractivity contribution in [3.05, 3.63) is 16.7 Å². The summed E-state index contributed by atoms with van der Waals surface area (Å²) in [6.45, 7) is 7.12. The Labute approximate surface area is 123 Å². The van der Waals surface area contributed by atoms with Gasteiger partial charge in [-0.2, -0.15) is 0 Å². The number of pyridine rings is 1. The average Bonchev–Trinajstić information content (AvgIpc) is 2.65. The Morgan fingerprint density at radius 1 is 1.42 bits per heavy atom. The van der Waals surface area contributed by atoms with Crippen molar-refractivity contribution in [2.45, 2.75) is 46.1 Å². The third-order valence-corrected chi connectivity index (χ3v) is 6.25. The molecule has 3 atom stereocenters. The monoisotopic (exact) mass is 324 g/mol. The van der Waals surface area contributed by atoms with Gasteiger partial charge >= 0.3 is 0 Å². The van der Waals surface area contributed by atoms with Gasteiger partial charge in [-0.15, -0.1) is 0 Å². The second-order valence-corrected chi connectivity index (χ2v) is 7.68. The standard InChI is InChI=1S/C15H21BrN2O/c1-14(2)9-4-5-15(14,3)12(6-9)19-13-11(17)7-10(16)8-18-13/h7-9,12H,4-6,17H2,1-3H3. The Bertz CT molecular complexity index is 517. The van der Waals surface area contributed by atoms with E-state index in [9.17, 15) is 0 Å². The number of hydrogen-bond donors (Lipinski definition) is 1. The Morgan fingerprint density at radius 2 is 2.16 bits per heavy atom. The number of fused-ring (bicyclic) bond motifs is 2. The first kappa shape index (κ1) is 13.2. The van der Waals surface area contributed by atoms with Crippen LogP contribution in [0.1, 0.15) is 40.0 Å². The molecule has 0 radical (unpaired) electrons. The molecule has 4 heteroatoms. The molecule has 0 aromatic carbocycles. The highest BCUT2D eigenvalue weighted by Gasteiger charge is 2.62. The number of halogens is 1. The van der Waals surface area contributed by atoms with Gasteiger partial charge in [-0.1, -0.05) is 20.8 Å². The van der Waals surface area contributed by atoms with E-state index < -0.39 is 0 Å². The fourth-order valence-corrected chi connectivity index (χ4v) is 4.33. The van der Waals surface area contributed by atoms with E-state index in [4.69, 9.17) is 10.5 Å². The Balaban J connectivity index is 1.86. The summed E-state index contributed by atoms with van der Waals surface area (Å²) in [6, 6.07) is 1.85. The predicted octanol–water partition coefficient (Wildman–Crippen LogP) is 4.02. The van der Waals surface area contributed by atoms with Crippen molar-refractivity contribution in [2.75, 3.05) is 5.73 Å². The fourth-order valence-electron chi connectivity index (χ4n) is 3.98. The normalized spacial score (nSPS) is 35.6. The zero-order chi connectivity index (χ0) is 13.8. The number of rotatable bonds is 2. The Morgan fingerprint density at radius 3 is 2.68 bits per heavy atom. The molecule has 2 fully saturated rings. The first-order chi connectivity index (χ1) is 8.84. The van der Waals surface area contributed by atoms with Crippen LogP contribution in [0.5, 0.6) is 5.88 Å². The lowest BCUT2D eigenvalue weighted by atomic mass is 9.70. The lowest BCUT2D eigenvalue weighted by Gasteiger charge is -2.38. The van der Waals surface area contributed by atoms with Gasteiger partial charge in [0.25, 0.3) is 0 Å². The topological polar surface area (TPSA) is 48.1 Å². The van der Waals surface area contributed by atoms with Crippen LogP contribution >= 0.6 is 15.9 Å². The molecule has 19 heavy (non-hydrogen) atoms. The van der Waals surface area contributed by atoms with Gasteiger partial charge < -0.3 is 10.5 Å². The lowest BCUT2D eigenvalue weighted by molar-refractivity contribution is 0.0278. The van der Waals surface area contributed by atoms with Crippen LogP contribution in [0.25, 0.3) is 0 Å². The van der Waals surface area contributed by atoms with Crippen molar-refractivity contribution in [2.24, 2.45) is 16.7 Å². The molecule has 1 aromatic rings. The summed E-state index contributed by atoms with van der Waals surface area (Å²) in [7, 11) is 0. The van der Waals surface area contributed by atoms with Gasteiger partial charge in [0.2, 0.25) is 5.88 Å². The number of anilines is 1. The zero-order valence-electron chi connectivity index (χ0n) is 11.7. The van der Waals surface area contributed by atoms with Crippen LogP contribution in [0.3, 0.4) is 0 Å². The number of nitrogens with two attached hydrogens (primary N) is 1. The van der Waals surface area contributed by atoms with Gasteiger partial charge in [0.1, 0.15) is 6.10 Å². The highest BCUT2D eigenvalue weighted by atomic mass is 79.9. The first-order valence-corrected chi connectivity index (χ1v) is 7.71. The van der Waals surface area contributed by atoms with E-state index in [2.05, 4.69) is 41.7 Å². The molecule has 2 bridgehead atoms. The molecule has 2 aliphatic rings. The molecule has 3 unspecified atom stereocenters. The van der Waals surface area contributed by atoms with Crippen LogP contribution in [0.4, 0.5) is 5.69 Å². The van der Waals surface area contributed by atoms with Crippen molar-refractivity contribution >= 4 is 21.6 Å². The molecule has 2 N–H and O–H groups in total. The molecule has 1 heterocycles. The largest absolute Gasteiger partial charge is 0.472 e. The third kappa shape index (κ3) is 1.79. The molecule has 0 aliphatic heterocycles. The molecular weight excluding hydrogens is 304 g/mol. The molecule has 0 spiro atoms. The molecule has 0 amide bonds. The quantitative estimate of drug-likeness (QED) is 0.893. The summed E-state index contributed by atoms with van der Waals surface area (Å²) < 4.78 is 7.06. The maximum Gasteiger partial charge on any atom is 0.237 e. The summed E-state index contributed by atoms with van der Waals surface area (Å²) in [5.74, 6) is 1.34. The van der Waals surface area contributed by atoms with Crippen molar-refractivity contribution < 1.29 is 4.74 Å². The van der Waals surface area contributed by atoms with Crippen molar-refractivity contribution in [3.8, 4) is 5.88 Å². The van der Waals surface area contributed by atoms with E-state index in [-0.39, 0.29) is 11.5 Å². The molecule has 104 valence electrons. The van der Waals surface area contributed by atoms with Crippen LogP contribution in [-0.4, -0.2) is 11.1 Å². The number of aromatic nitrogens is 1. The van der Waals surface area contributed by atoms with E-state index in [1.54, 1.807) is 6.20 Å². The van der Waals surface area contributed by atoms with Crippen LogP contribution < -0.4 is 10.5 Å². The number of hydrogen-bond acceptors (Lipinski definition) is 3. The summed E-state index contributed by atoms with van der Waals surface area (Å²) in [4.78, 5) is 4.31. The Kier molecular flexibility index (Phi) is 2.86. The maximum absolute atomic E-state index is 6.18. The molecule has 1 aromatic heterocycles. The van der Waals surface area contributed by atoms with Gasteiger partial charge in [0.05, 0.1) is 5.69 Å². The smallest absolute Gasteiger partial charge is 0.237 e. The number of nitrogens with zero attached hydrogens (tertiary/aromatic N) is 1. The minimum Gasteiger partial charge on any atom is -0.472 e. The molecule has 2 saturated carbocycles. The predicted molar refractivity (Wildman–Crippen MR) is 80.0 cm³/mol. The average molecular weight is 325 g/mol. The van der Waals surface area contributed by atoms with E-state index in [1.165, 1.54) is 12.8 Å². The maximum atomic E-state index is 6.18. The first-order valence-electron chi connectivity index (χ1n) is 6.92. The third-order valence-electron chi connectivity index (χ3n) is 5.81. The van der Waals surface area contributed by atoms with Gasteiger partial charge in [-0.05, 0) is 52.6 Å². The summed E-state index contributed by atoms with van der Waals surface area (Å²) in [5.41, 5.74) is 7.18. The van der Waals surface area contributed by atoms with Gasteiger partial charge in [-0.25, -0.2) is 4.98 Å². The van der Waals surface area contributed by atoms with Crippen LogP contribution in [0, 0.1) is 16.7 Å². The summed E-state index contributed by atoms with van der Waals surface area (Å²) in [6.07, 6.45) is 5.67. The highest BCUT2D eigenvalue weighted by Crippen LogP contribution is 2.66. The lowest BCUT2D eigenvalue weighted by Crippen LogP contribution is -2.39. The zero-order valence-corrected chi connectivity index (χ0v) is 13.3. The number of nitrogen functional groups attached to an aromatic ring is 1. The molecule has 0 saturated heterocycles. The van der Waals surface area contributed by atoms with Crippen molar-refractivity contribution in [3.63, 3.8) is 0 Å². The minimum atomic E-state index is 0.234. The Hall–Kier alpha value is -0.770. The van der Waals surface area contributed by atoms with E-state index in [1.807, 2.05) is 6.07 Å². The SMILES string of the molecule is CC1(C)C2CCC1(C)C(Oc1ncc(Br)cc1N)C2. The highest BCUT2D eigenvalue weighted by molar-refractivity contribution is 9.10.